The highest BCUT2D eigenvalue weighted by molar-refractivity contribution is 5.69. The molecular formula is C15H15N2O2-. The van der Waals surface area contributed by atoms with Gasteiger partial charge in [0.1, 0.15) is 0 Å². The van der Waals surface area contributed by atoms with Crippen LogP contribution in [0, 0.1) is 6.92 Å². The monoisotopic (exact) mass is 255 g/mol. The van der Waals surface area contributed by atoms with Gasteiger partial charge in [-0.05, 0) is 13.3 Å². The summed E-state index contributed by atoms with van der Waals surface area (Å²) >= 11 is 0. The Hall–Kier alpha value is -2.36. The van der Waals surface area contributed by atoms with Crippen LogP contribution < -0.4 is 5.11 Å². The van der Waals surface area contributed by atoms with E-state index in [1.165, 1.54) is 4.68 Å². The predicted octanol–water partition coefficient (Wildman–Crippen LogP) is 1.34. The van der Waals surface area contributed by atoms with E-state index in [4.69, 9.17) is 0 Å². The van der Waals surface area contributed by atoms with E-state index in [9.17, 15) is 9.90 Å². The van der Waals surface area contributed by atoms with Crippen LogP contribution in [0.15, 0.2) is 43.0 Å². The van der Waals surface area contributed by atoms with Gasteiger partial charge in [0.15, 0.2) is 0 Å². The summed E-state index contributed by atoms with van der Waals surface area (Å²) in [6.07, 6.45) is 2.45. The molecule has 0 saturated carbocycles. The standard InChI is InChI=1S/C15H16N2O2/c1-3-7-13-11(2)16-17(10-14(18)19)15(13)12-8-5-4-6-9-12/h3-6,8-9H,1,7,10H2,2H3,(H,18,19)/p-1. The molecule has 0 fully saturated rings. The third kappa shape index (κ3) is 2.73. The van der Waals surface area contributed by atoms with Gasteiger partial charge in [0, 0.05) is 11.1 Å². The SMILES string of the molecule is C=CCc1c(C)nn(CC(=O)[O-])c1-c1ccccc1. The van der Waals surface area contributed by atoms with E-state index in [1.807, 2.05) is 37.3 Å². The number of carbonyl (C=O) groups excluding carboxylic acids is 1. The smallest absolute Gasteiger partial charge is 0.0812 e. The van der Waals surface area contributed by atoms with Crippen LogP contribution in [0.2, 0.25) is 0 Å². The van der Waals surface area contributed by atoms with Gasteiger partial charge >= 0.3 is 0 Å². The highest BCUT2D eigenvalue weighted by Gasteiger charge is 2.15. The van der Waals surface area contributed by atoms with E-state index in [0.29, 0.717) is 6.42 Å². The Bertz CT molecular complexity index is 600. The van der Waals surface area contributed by atoms with E-state index in [-0.39, 0.29) is 6.54 Å². The minimum Gasteiger partial charge on any atom is -0.548 e. The normalized spacial score (nSPS) is 10.4. The van der Waals surface area contributed by atoms with Crippen molar-refractivity contribution >= 4 is 5.97 Å². The first-order valence-electron chi connectivity index (χ1n) is 6.06. The molecule has 0 spiro atoms. The first kappa shape index (κ1) is 13.1. The predicted molar refractivity (Wildman–Crippen MR) is 71.3 cm³/mol. The molecule has 0 saturated heterocycles. The second kappa shape index (κ2) is 5.52. The molecule has 1 aromatic carbocycles. The Labute approximate surface area is 112 Å². The molecule has 0 aliphatic carbocycles. The Morgan fingerprint density at radius 2 is 2.11 bits per heavy atom. The van der Waals surface area contributed by atoms with Gasteiger partial charge in [-0.1, -0.05) is 36.4 Å². The van der Waals surface area contributed by atoms with Gasteiger partial charge in [0.2, 0.25) is 0 Å². The largest absolute Gasteiger partial charge is 0.548 e. The number of rotatable bonds is 5. The molecule has 0 N–H and O–H groups in total. The zero-order chi connectivity index (χ0) is 13.8. The van der Waals surface area contributed by atoms with Crippen molar-refractivity contribution in [2.75, 3.05) is 0 Å². The van der Waals surface area contributed by atoms with Gasteiger partial charge in [-0.15, -0.1) is 6.58 Å². The highest BCUT2D eigenvalue weighted by Crippen LogP contribution is 2.26. The molecule has 0 bridgehead atoms. The molecule has 0 atom stereocenters. The van der Waals surface area contributed by atoms with E-state index < -0.39 is 5.97 Å². The number of aliphatic carboxylic acids is 1. The quantitative estimate of drug-likeness (QED) is 0.757. The van der Waals surface area contributed by atoms with Crippen molar-refractivity contribution in [3.05, 3.63) is 54.2 Å². The number of hydrogen-bond donors (Lipinski definition) is 0. The zero-order valence-electron chi connectivity index (χ0n) is 10.8. The lowest BCUT2D eigenvalue weighted by Crippen LogP contribution is -2.28. The zero-order valence-corrected chi connectivity index (χ0v) is 10.8. The third-order valence-corrected chi connectivity index (χ3v) is 2.93. The summed E-state index contributed by atoms with van der Waals surface area (Å²) in [6.45, 7) is 5.36. The van der Waals surface area contributed by atoms with E-state index >= 15 is 0 Å². The maximum absolute atomic E-state index is 10.8. The van der Waals surface area contributed by atoms with E-state index in [2.05, 4.69) is 11.7 Å². The summed E-state index contributed by atoms with van der Waals surface area (Å²) in [5.41, 5.74) is 3.59. The molecule has 0 aliphatic rings. The average molecular weight is 255 g/mol. The van der Waals surface area contributed by atoms with Crippen molar-refractivity contribution < 1.29 is 9.90 Å². The van der Waals surface area contributed by atoms with Gasteiger partial charge < -0.3 is 9.90 Å². The minimum atomic E-state index is -1.15. The minimum absolute atomic E-state index is 0.248. The Balaban J connectivity index is 2.59. The molecule has 4 nitrogen and oxygen atoms in total. The summed E-state index contributed by atoms with van der Waals surface area (Å²) in [4.78, 5) is 10.8. The van der Waals surface area contributed by atoms with Crippen molar-refractivity contribution in [3.63, 3.8) is 0 Å². The van der Waals surface area contributed by atoms with Crippen molar-refractivity contribution in [2.24, 2.45) is 0 Å². The molecule has 2 aromatic rings. The molecule has 98 valence electrons. The summed E-state index contributed by atoms with van der Waals surface area (Å²) < 4.78 is 1.48. The highest BCUT2D eigenvalue weighted by atomic mass is 16.4. The number of allylic oxidation sites excluding steroid dienone is 1. The fourth-order valence-electron chi connectivity index (χ4n) is 2.16. The van der Waals surface area contributed by atoms with Crippen molar-refractivity contribution in [1.29, 1.82) is 0 Å². The second-order valence-corrected chi connectivity index (χ2v) is 4.30. The molecule has 0 amide bonds. The van der Waals surface area contributed by atoms with E-state index in [0.717, 1.165) is 22.5 Å². The van der Waals surface area contributed by atoms with Crippen LogP contribution in [-0.2, 0) is 17.8 Å². The van der Waals surface area contributed by atoms with Crippen LogP contribution in [-0.4, -0.2) is 15.7 Å². The first-order valence-corrected chi connectivity index (χ1v) is 6.06. The van der Waals surface area contributed by atoms with Gasteiger partial charge in [0.25, 0.3) is 0 Å². The Morgan fingerprint density at radius 1 is 1.42 bits per heavy atom. The van der Waals surface area contributed by atoms with Crippen LogP contribution >= 0.6 is 0 Å². The maximum Gasteiger partial charge on any atom is 0.0812 e. The van der Waals surface area contributed by atoms with Crippen molar-refractivity contribution in [2.45, 2.75) is 19.9 Å². The van der Waals surface area contributed by atoms with Gasteiger partial charge in [-0.3, -0.25) is 4.68 Å². The van der Waals surface area contributed by atoms with E-state index in [1.54, 1.807) is 6.08 Å². The van der Waals surface area contributed by atoms with Gasteiger partial charge in [-0.25, -0.2) is 0 Å². The Morgan fingerprint density at radius 3 is 2.68 bits per heavy atom. The van der Waals surface area contributed by atoms with Crippen LogP contribution in [0.3, 0.4) is 0 Å². The lowest BCUT2D eigenvalue weighted by molar-refractivity contribution is -0.306. The van der Waals surface area contributed by atoms with Gasteiger partial charge in [-0.2, -0.15) is 5.10 Å². The molecule has 0 aliphatic heterocycles. The molecule has 1 aromatic heterocycles. The lowest BCUT2D eigenvalue weighted by atomic mass is 10.0. The molecule has 4 heteroatoms. The Kier molecular flexibility index (Phi) is 3.80. The van der Waals surface area contributed by atoms with Crippen LogP contribution in [0.25, 0.3) is 11.3 Å². The number of hydrogen-bond acceptors (Lipinski definition) is 3. The molecular weight excluding hydrogens is 240 g/mol. The number of aromatic nitrogens is 2. The summed E-state index contributed by atoms with van der Waals surface area (Å²) in [7, 11) is 0. The first-order chi connectivity index (χ1) is 9.13. The number of benzene rings is 1. The number of aryl methyl sites for hydroxylation is 1. The molecule has 0 unspecified atom stereocenters. The molecule has 0 radical (unpaired) electrons. The van der Waals surface area contributed by atoms with Crippen LogP contribution in [0.1, 0.15) is 11.3 Å². The fourth-order valence-corrected chi connectivity index (χ4v) is 2.16. The summed E-state index contributed by atoms with van der Waals surface area (Å²) in [5, 5.41) is 15.1. The molecule has 2 rings (SSSR count). The van der Waals surface area contributed by atoms with Gasteiger partial charge in [0.05, 0.1) is 23.9 Å². The molecule has 19 heavy (non-hydrogen) atoms. The molecule has 1 heterocycles. The van der Waals surface area contributed by atoms with Crippen LogP contribution in [0.4, 0.5) is 0 Å². The lowest BCUT2D eigenvalue weighted by Gasteiger charge is -2.10. The third-order valence-electron chi connectivity index (χ3n) is 2.93. The number of carboxylic acids is 1. The second-order valence-electron chi connectivity index (χ2n) is 4.30. The van der Waals surface area contributed by atoms with Crippen LogP contribution in [0.5, 0.6) is 0 Å². The summed E-state index contributed by atoms with van der Waals surface area (Å²) in [6, 6.07) is 9.63. The number of carbonyl (C=O) groups is 1. The average Bonchev–Trinajstić information content (AvgIpc) is 2.67. The fraction of sp³-hybridized carbons (Fsp3) is 0.200. The van der Waals surface area contributed by atoms with Crippen molar-refractivity contribution in [3.8, 4) is 11.3 Å². The maximum atomic E-state index is 10.8. The summed E-state index contributed by atoms with van der Waals surface area (Å²) in [5.74, 6) is -1.15. The van der Waals surface area contributed by atoms with Crippen molar-refractivity contribution in [1.82, 2.24) is 9.78 Å². The number of nitrogens with zero attached hydrogens (tertiary/aromatic N) is 2. The topological polar surface area (TPSA) is 58.0 Å². The number of carboxylic acid groups (broad SMARTS) is 1.